The van der Waals surface area contributed by atoms with Crippen LogP contribution >= 0.6 is 11.3 Å². The number of thiazole rings is 1. The molecule has 0 saturated heterocycles. The predicted molar refractivity (Wildman–Crippen MR) is 126 cm³/mol. The van der Waals surface area contributed by atoms with Crippen LogP contribution in [0, 0.1) is 13.8 Å². The van der Waals surface area contributed by atoms with E-state index in [0.717, 1.165) is 27.3 Å². The van der Waals surface area contributed by atoms with Gasteiger partial charge in [0.25, 0.3) is 0 Å². The van der Waals surface area contributed by atoms with Crippen molar-refractivity contribution in [3.8, 4) is 5.69 Å². The minimum Gasteiger partial charge on any atom is -0.380 e. The van der Waals surface area contributed by atoms with Crippen molar-refractivity contribution < 1.29 is 4.74 Å². The van der Waals surface area contributed by atoms with Crippen LogP contribution in [0.4, 0.5) is 0 Å². The minimum atomic E-state index is 0.618. The summed E-state index contributed by atoms with van der Waals surface area (Å²) in [6.45, 7) is 12.7. The molecule has 0 saturated carbocycles. The van der Waals surface area contributed by atoms with Crippen LogP contribution in [0.1, 0.15) is 43.8 Å². The standard InChI is InChI=1S/C16H16N2O.C4H5NS.2C2H6/c1-12-4-3-5-14(8-12)18-11-17-15-9-13(10-19-2)6-7-16(15)18;1-4-5-2-3-6-4;2*1-2/h3-9,11H,10H2,1-2H3;2-3H,1H3;2*1-2H3. The van der Waals surface area contributed by atoms with Crippen molar-refractivity contribution >= 4 is 22.4 Å². The highest BCUT2D eigenvalue weighted by Crippen LogP contribution is 2.20. The molecule has 156 valence electrons. The number of benzene rings is 2. The van der Waals surface area contributed by atoms with Crippen LogP contribution < -0.4 is 0 Å². The topological polar surface area (TPSA) is 39.9 Å². The van der Waals surface area contributed by atoms with Gasteiger partial charge in [0.1, 0.15) is 6.33 Å². The second-order valence-electron chi connectivity index (χ2n) is 5.76. The first-order chi connectivity index (χ1) is 14.2. The molecule has 0 aliphatic carbocycles. The number of aryl methyl sites for hydroxylation is 2. The highest BCUT2D eigenvalue weighted by atomic mass is 32.1. The summed E-state index contributed by atoms with van der Waals surface area (Å²) in [5, 5.41) is 3.10. The Morgan fingerprint density at radius 2 is 1.72 bits per heavy atom. The van der Waals surface area contributed by atoms with Gasteiger partial charge in [0.15, 0.2) is 0 Å². The number of nitrogens with zero attached hydrogens (tertiary/aromatic N) is 3. The summed E-state index contributed by atoms with van der Waals surface area (Å²) < 4.78 is 7.26. The maximum Gasteiger partial charge on any atom is 0.100 e. The molecule has 0 N–H and O–H groups in total. The van der Waals surface area contributed by atoms with E-state index in [1.54, 1.807) is 24.6 Å². The first-order valence-electron chi connectivity index (χ1n) is 10.1. The molecule has 0 atom stereocenters. The monoisotopic (exact) mass is 411 g/mol. The molecule has 29 heavy (non-hydrogen) atoms. The van der Waals surface area contributed by atoms with Gasteiger partial charge in [-0.3, -0.25) is 9.55 Å². The van der Waals surface area contributed by atoms with Crippen LogP contribution in [0.25, 0.3) is 16.7 Å². The van der Waals surface area contributed by atoms with Crippen LogP contribution in [-0.4, -0.2) is 21.6 Å². The van der Waals surface area contributed by atoms with Gasteiger partial charge in [0.2, 0.25) is 0 Å². The van der Waals surface area contributed by atoms with Gasteiger partial charge >= 0.3 is 0 Å². The summed E-state index contributed by atoms with van der Waals surface area (Å²) in [5.74, 6) is 0. The van der Waals surface area contributed by atoms with Crippen molar-refractivity contribution in [2.75, 3.05) is 7.11 Å². The molecular weight excluding hydrogens is 378 g/mol. The molecule has 0 aliphatic rings. The van der Waals surface area contributed by atoms with E-state index in [9.17, 15) is 0 Å². The number of rotatable bonds is 3. The fourth-order valence-corrected chi connectivity index (χ4v) is 3.03. The number of methoxy groups -OCH3 is 1. The molecule has 0 spiro atoms. The van der Waals surface area contributed by atoms with Crippen LogP contribution in [0.15, 0.2) is 60.4 Å². The van der Waals surface area contributed by atoms with Crippen LogP contribution in [0.5, 0.6) is 0 Å². The van der Waals surface area contributed by atoms with Crippen LogP contribution in [-0.2, 0) is 11.3 Å². The Kier molecular flexibility index (Phi) is 11.5. The molecule has 4 rings (SSSR count). The van der Waals surface area contributed by atoms with Gasteiger partial charge in [-0.15, -0.1) is 11.3 Å². The Balaban J connectivity index is 0.000000353. The summed E-state index contributed by atoms with van der Waals surface area (Å²) in [4.78, 5) is 8.41. The molecular formula is C24H33N3OS. The van der Waals surface area contributed by atoms with Gasteiger partial charge in [-0.1, -0.05) is 45.9 Å². The van der Waals surface area contributed by atoms with E-state index < -0.39 is 0 Å². The molecule has 0 fully saturated rings. The van der Waals surface area contributed by atoms with Gasteiger partial charge < -0.3 is 4.74 Å². The molecule has 2 aromatic heterocycles. The zero-order valence-electron chi connectivity index (χ0n) is 18.6. The first kappa shape index (κ1) is 24.5. The van der Waals surface area contributed by atoms with Crippen molar-refractivity contribution in [3.05, 3.63) is 76.5 Å². The Morgan fingerprint density at radius 3 is 2.28 bits per heavy atom. The number of fused-ring (bicyclic) bond motifs is 1. The average molecular weight is 412 g/mol. The van der Waals surface area contributed by atoms with E-state index >= 15 is 0 Å². The SMILES string of the molecule is CC.CC.COCc1ccc2c(c1)ncn2-c1cccc(C)c1.Cc1nccs1. The molecule has 0 aliphatic heterocycles. The molecule has 2 heterocycles. The van der Waals surface area contributed by atoms with E-state index in [2.05, 4.69) is 63.9 Å². The normalized spacial score (nSPS) is 9.48. The first-order valence-corrected chi connectivity index (χ1v) is 10.9. The van der Waals surface area contributed by atoms with Gasteiger partial charge in [-0.25, -0.2) is 4.98 Å². The number of hydrogen-bond donors (Lipinski definition) is 0. The smallest absolute Gasteiger partial charge is 0.100 e. The van der Waals surface area contributed by atoms with E-state index in [4.69, 9.17) is 4.74 Å². The molecule has 2 aromatic carbocycles. The Labute approximate surface area is 179 Å². The Bertz CT molecular complexity index is 946. The lowest BCUT2D eigenvalue weighted by Crippen LogP contribution is -1.93. The molecule has 0 unspecified atom stereocenters. The fourth-order valence-electron chi connectivity index (χ4n) is 2.59. The summed E-state index contributed by atoms with van der Waals surface area (Å²) in [5.41, 5.74) is 5.64. The largest absolute Gasteiger partial charge is 0.380 e. The fraction of sp³-hybridized carbons (Fsp3) is 0.333. The van der Waals surface area contributed by atoms with Gasteiger partial charge in [0, 0.05) is 24.4 Å². The highest BCUT2D eigenvalue weighted by Gasteiger charge is 2.05. The molecule has 0 amide bonds. The zero-order chi connectivity index (χ0) is 21.6. The minimum absolute atomic E-state index is 0.618. The molecule has 0 bridgehead atoms. The third-order valence-electron chi connectivity index (χ3n) is 3.76. The number of ether oxygens (including phenoxy) is 1. The van der Waals surface area contributed by atoms with E-state index in [-0.39, 0.29) is 0 Å². The molecule has 4 nitrogen and oxygen atoms in total. The second kappa shape index (κ2) is 13.6. The third-order valence-corrected chi connectivity index (χ3v) is 4.46. The van der Waals surface area contributed by atoms with Gasteiger partial charge in [-0.05, 0) is 49.2 Å². The van der Waals surface area contributed by atoms with Crippen molar-refractivity contribution in [3.63, 3.8) is 0 Å². The van der Waals surface area contributed by atoms with Crippen molar-refractivity contribution in [1.29, 1.82) is 0 Å². The van der Waals surface area contributed by atoms with E-state index in [1.165, 1.54) is 5.56 Å². The lowest BCUT2D eigenvalue weighted by atomic mass is 10.2. The summed E-state index contributed by atoms with van der Waals surface area (Å²) in [6, 6.07) is 14.7. The van der Waals surface area contributed by atoms with E-state index in [1.807, 2.05) is 46.3 Å². The van der Waals surface area contributed by atoms with Crippen molar-refractivity contribution in [2.24, 2.45) is 0 Å². The quantitative estimate of drug-likeness (QED) is 0.365. The van der Waals surface area contributed by atoms with Gasteiger partial charge in [0.05, 0.1) is 22.6 Å². The second-order valence-corrected chi connectivity index (χ2v) is 6.86. The molecule has 0 radical (unpaired) electrons. The third kappa shape index (κ3) is 7.44. The molecule has 4 aromatic rings. The summed E-state index contributed by atoms with van der Waals surface area (Å²) in [6.07, 6.45) is 3.68. The Hall–Kier alpha value is -2.50. The van der Waals surface area contributed by atoms with E-state index in [0.29, 0.717) is 6.61 Å². The van der Waals surface area contributed by atoms with Gasteiger partial charge in [-0.2, -0.15) is 0 Å². The lowest BCUT2D eigenvalue weighted by molar-refractivity contribution is 0.185. The zero-order valence-corrected chi connectivity index (χ0v) is 19.5. The highest BCUT2D eigenvalue weighted by molar-refractivity contribution is 7.09. The van der Waals surface area contributed by atoms with Crippen LogP contribution in [0.3, 0.4) is 0 Å². The predicted octanol–water partition coefficient (Wildman–Crippen LogP) is 6.98. The average Bonchev–Trinajstić information content (AvgIpc) is 3.40. The summed E-state index contributed by atoms with van der Waals surface area (Å²) >= 11 is 1.67. The summed E-state index contributed by atoms with van der Waals surface area (Å²) in [7, 11) is 1.70. The maximum atomic E-state index is 5.15. The number of aromatic nitrogens is 3. The molecule has 5 heteroatoms. The number of hydrogen-bond acceptors (Lipinski definition) is 4. The maximum absolute atomic E-state index is 5.15. The van der Waals surface area contributed by atoms with Crippen molar-refractivity contribution in [2.45, 2.75) is 48.1 Å². The van der Waals surface area contributed by atoms with Crippen molar-refractivity contribution in [1.82, 2.24) is 14.5 Å². The lowest BCUT2D eigenvalue weighted by Gasteiger charge is -2.06. The number of imidazole rings is 1. The Morgan fingerprint density at radius 1 is 0.966 bits per heavy atom. The van der Waals surface area contributed by atoms with Crippen LogP contribution in [0.2, 0.25) is 0 Å².